The molecule has 1 aliphatic rings. The molecule has 5 heteroatoms. The molecule has 1 rings (SSSR count). The quantitative estimate of drug-likeness (QED) is 0.782. The molecule has 0 aromatic carbocycles. The van der Waals surface area contributed by atoms with E-state index in [1.165, 1.54) is 0 Å². The van der Waals surface area contributed by atoms with Gasteiger partial charge in [-0.1, -0.05) is 20.8 Å². The first kappa shape index (κ1) is 15.7. The number of ether oxygens (including phenoxy) is 1. The van der Waals surface area contributed by atoms with Gasteiger partial charge in [-0.3, -0.25) is 0 Å². The molecule has 18 heavy (non-hydrogen) atoms. The summed E-state index contributed by atoms with van der Waals surface area (Å²) >= 11 is 0. The van der Waals surface area contributed by atoms with Crippen LogP contribution in [0.1, 0.15) is 40.0 Å². The van der Waals surface area contributed by atoms with Crippen molar-refractivity contribution in [2.24, 2.45) is 5.41 Å². The highest BCUT2D eigenvalue weighted by molar-refractivity contribution is 6.48. The van der Waals surface area contributed by atoms with Crippen LogP contribution in [0.15, 0.2) is 0 Å². The van der Waals surface area contributed by atoms with Crippen molar-refractivity contribution >= 4 is 15.0 Å². The lowest BCUT2D eigenvalue weighted by molar-refractivity contribution is -0.164. The molecule has 1 fully saturated rings. The summed E-state index contributed by atoms with van der Waals surface area (Å²) in [7, 11) is -1.20. The summed E-state index contributed by atoms with van der Waals surface area (Å²) in [5, 5.41) is 9.44. The number of carboxylic acids is 1. The van der Waals surface area contributed by atoms with Crippen LogP contribution < -0.4 is 0 Å². The van der Waals surface area contributed by atoms with E-state index in [2.05, 4.69) is 33.9 Å². The first-order chi connectivity index (χ1) is 8.17. The fourth-order valence-corrected chi connectivity index (χ4v) is 3.46. The molecule has 0 aromatic heterocycles. The van der Waals surface area contributed by atoms with Crippen molar-refractivity contribution in [2.75, 3.05) is 6.61 Å². The first-order valence-corrected chi connectivity index (χ1v) is 9.48. The van der Waals surface area contributed by atoms with Gasteiger partial charge in [0.15, 0.2) is 14.6 Å². The zero-order valence-electron chi connectivity index (χ0n) is 12.2. The number of aliphatic carboxylic acids is 1. The molecule has 1 heterocycles. The van der Waals surface area contributed by atoms with E-state index in [0.29, 0.717) is 19.4 Å². The van der Waals surface area contributed by atoms with Crippen LogP contribution >= 0.6 is 0 Å². The summed E-state index contributed by atoms with van der Waals surface area (Å²) in [6, 6.07) is 0. The van der Waals surface area contributed by atoms with Crippen LogP contribution in [0.4, 0.5) is 0 Å². The second-order valence-electron chi connectivity index (χ2n) is 6.50. The standard InChI is InChI=1S/C13H26O4Si/c1-12(2,3)10(17-18(4)5)9-13(11(14)15)7-6-8-16-13/h10,18H,6-9H2,1-5H3,(H,14,15). The van der Waals surface area contributed by atoms with Gasteiger partial charge in [-0.2, -0.15) is 0 Å². The van der Waals surface area contributed by atoms with Gasteiger partial charge in [0.25, 0.3) is 0 Å². The Morgan fingerprint density at radius 3 is 2.44 bits per heavy atom. The molecule has 0 bridgehead atoms. The molecule has 0 radical (unpaired) electrons. The molecule has 1 saturated heterocycles. The summed E-state index contributed by atoms with van der Waals surface area (Å²) in [5.74, 6) is -0.844. The van der Waals surface area contributed by atoms with Gasteiger partial charge in [0, 0.05) is 13.0 Å². The first-order valence-electron chi connectivity index (χ1n) is 6.70. The Bertz CT molecular complexity index is 290. The molecule has 1 N–H and O–H groups in total. The molecule has 0 aliphatic carbocycles. The van der Waals surface area contributed by atoms with Gasteiger partial charge in [-0.15, -0.1) is 0 Å². The SMILES string of the molecule is C[SiH](C)OC(CC1(C(=O)O)CCCO1)C(C)(C)C. The van der Waals surface area contributed by atoms with Crippen LogP contribution in [0.25, 0.3) is 0 Å². The highest BCUT2D eigenvalue weighted by atomic mass is 28.3. The van der Waals surface area contributed by atoms with Crippen molar-refractivity contribution in [2.45, 2.75) is 64.8 Å². The van der Waals surface area contributed by atoms with Gasteiger partial charge in [0.2, 0.25) is 0 Å². The molecule has 0 saturated carbocycles. The van der Waals surface area contributed by atoms with Crippen LogP contribution in [0.2, 0.25) is 13.1 Å². The second-order valence-corrected chi connectivity index (χ2v) is 8.86. The van der Waals surface area contributed by atoms with Crippen LogP contribution in [-0.2, 0) is 14.0 Å². The fraction of sp³-hybridized carbons (Fsp3) is 0.923. The zero-order chi connectivity index (χ0) is 14.0. The van der Waals surface area contributed by atoms with Crippen LogP contribution in [0, 0.1) is 5.41 Å². The second kappa shape index (κ2) is 5.71. The van der Waals surface area contributed by atoms with Gasteiger partial charge in [-0.05, 0) is 31.4 Å². The highest BCUT2D eigenvalue weighted by Crippen LogP contribution is 2.37. The molecule has 0 aromatic rings. The van der Waals surface area contributed by atoms with Crippen molar-refractivity contribution in [1.29, 1.82) is 0 Å². The van der Waals surface area contributed by atoms with E-state index in [4.69, 9.17) is 9.16 Å². The van der Waals surface area contributed by atoms with E-state index >= 15 is 0 Å². The normalized spacial score (nSPS) is 26.6. The Hall–Kier alpha value is -0.393. The monoisotopic (exact) mass is 274 g/mol. The van der Waals surface area contributed by atoms with Crippen molar-refractivity contribution in [3.8, 4) is 0 Å². The average molecular weight is 274 g/mol. The third kappa shape index (κ3) is 3.80. The third-order valence-electron chi connectivity index (χ3n) is 3.41. The largest absolute Gasteiger partial charge is 0.479 e. The van der Waals surface area contributed by atoms with Gasteiger partial charge >= 0.3 is 5.97 Å². The van der Waals surface area contributed by atoms with Gasteiger partial charge in [0.1, 0.15) is 0 Å². The smallest absolute Gasteiger partial charge is 0.336 e. The molecule has 106 valence electrons. The predicted octanol–water partition coefficient (Wildman–Crippen LogP) is 2.43. The lowest BCUT2D eigenvalue weighted by Crippen LogP contribution is -2.46. The topological polar surface area (TPSA) is 55.8 Å². The number of carboxylic acid groups (broad SMARTS) is 1. The summed E-state index contributed by atoms with van der Waals surface area (Å²) in [6.45, 7) is 11.1. The van der Waals surface area contributed by atoms with Crippen LogP contribution in [0.5, 0.6) is 0 Å². The van der Waals surface area contributed by atoms with E-state index in [0.717, 1.165) is 6.42 Å². The molecule has 2 atom stereocenters. The van der Waals surface area contributed by atoms with Crippen molar-refractivity contribution in [3.05, 3.63) is 0 Å². The zero-order valence-corrected chi connectivity index (χ0v) is 13.3. The van der Waals surface area contributed by atoms with Crippen LogP contribution in [0.3, 0.4) is 0 Å². The maximum atomic E-state index is 11.5. The minimum atomic E-state index is -1.20. The summed E-state index contributed by atoms with van der Waals surface area (Å²) in [5.41, 5.74) is -1.09. The molecule has 0 amide bonds. The van der Waals surface area contributed by atoms with Crippen molar-refractivity contribution < 1.29 is 19.1 Å². The Kier molecular flexibility index (Phi) is 4.97. The molecule has 4 nitrogen and oxygen atoms in total. The van der Waals surface area contributed by atoms with Crippen LogP contribution in [-0.4, -0.2) is 38.4 Å². The molecule has 2 unspecified atom stereocenters. The van der Waals surface area contributed by atoms with Crippen molar-refractivity contribution in [3.63, 3.8) is 0 Å². The Morgan fingerprint density at radius 1 is 1.50 bits per heavy atom. The average Bonchev–Trinajstić information content (AvgIpc) is 2.64. The Balaban J connectivity index is 2.84. The number of carbonyl (C=O) groups is 1. The minimum absolute atomic E-state index is 0.0571. The molecule has 1 aliphatic heterocycles. The lowest BCUT2D eigenvalue weighted by atomic mass is 9.81. The van der Waals surface area contributed by atoms with E-state index in [9.17, 15) is 9.90 Å². The Morgan fingerprint density at radius 2 is 2.11 bits per heavy atom. The summed E-state index contributed by atoms with van der Waals surface area (Å²) in [4.78, 5) is 11.5. The predicted molar refractivity (Wildman–Crippen MR) is 73.4 cm³/mol. The van der Waals surface area contributed by atoms with Gasteiger partial charge in [-0.25, -0.2) is 4.79 Å². The summed E-state index contributed by atoms with van der Waals surface area (Å²) < 4.78 is 11.6. The minimum Gasteiger partial charge on any atom is -0.479 e. The third-order valence-corrected chi connectivity index (χ3v) is 4.28. The van der Waals surface area contributed by atoms with E-state index < -0.39 is 20.6 Å². The molecule has 0 spiro atoms. The van der Waals surface area contributed by atoms with Gasteiger partial charge in [0.05, 0.1) is 6.10 Å². The fourth-order valence-electron chi connectivity index (χ4n) is 2.30. The van der Waals surface area contributed by atoms with E-state index in [1.54, 1.807) is 0 Å². The van der Waals surface area contributed by atoms with E-state index in [1.807, 2.05) is 0 Å². The maximum Gasteiger partial charge on any atom is 0.336 e. The van der Waals surface area contributed by atoms with E-state index in [-0.39, 0.29) is 11.5 Å². The lowest BCUT2D eigenvalue weighted by Gasteiger charge is -2.37. The van der Waals surface area contributed by atoms with Gasteiger partial charge < -0.3 is 14.3 Å². The molecular weight excluding hydrogens is 248 g/mol. The highest BCUT2D eigenvalue weighted by Gasteiger charge is 2.47. The maximum absolute atomic E-state index is 11.5. The summed E-state index contributed by atoms with van der Waals surface area (Å²) in [6.07, 6.45) is 1.82. The number of rotatable bonds is 5. The van der Waals surface area contributed by atoms with Crippen molar-refractivity contribution in [1.82, 2.24) is 0 Å². The molecular formula is C13H26O4Si. The number of hydrogen-bond acceptors (Lipinski definition) is 3. The Labute approximate surface area is 111 Å². The number of hydrogen-bond donors (Lipinski definition) is 1.